The second kappa shape index (κ2) is 9.26. The van der Waals surface area contributed by atoms with Crippen molar-refractivity contribution in [2.24, 2.45) is 23.2 Å². The molecule has 0 bridgehead atoms. The van der Waals surface area contributed by atoms with Gasteiger partial charge in [-0.1, -0.05) is 37.1 Å². The number of hydrogen-bond donors (Lipinski definition) is 3. The number of ketones is 1. The van der Waals surface area contributed by atoms with E-state index >= 15 is 0 Å². The lowest BCUT2D eigenvalue weighted by molar-refractivity contribution is -0.134. The molecule has 0 saturated heterocycles. The van der Waals surface area contributed by atoms with E-state index in [-0.39, 0.29) is 11.2 Å². The summed E-state index contributed by atoms with van der Waals surface area (Å²) in [4.78, 5) is 12.2. The highest BCUT2D eigenvalue weighted by atomic mass is 16.3. The summed E-state index contributed by atoms with van der Waals surface area (Å²) in [6.45, 7) is 7.92. The van der Waals surface area contributed by atoms with Crippen molar-refractivity contribution in [2.75, 3.05) is 0 Å². The van der Waals surface area contributed by atoms with Crippen LogP contribution in [0.4, 0.5) is 0 Å². The minimum absolute atomic E-state index is 0.0539. The highest BCUT2D eigenvalue weighted by Gasteiger charge is 2.50. The molecule has 0 amide bonds. The van der Waals surface area contributed by atoms with Gasteiger partial charge in [0.2, 0.25) is 0 Å². The number of aliphatic hydroxyl groups is 3. The molecule has 170 valence electrons. The molecular formula is C26H42O4. The van der Waals surface area contributed by atoms with Crippen LogP contribution in [0.25, 0.3) is 0 Å². The molecule has 4 nitrogen and oxygen atoms in total. The average molecular weight is 419 g/mol. The van der Waals surface area contributed by atoms with Crippen LogP contribution >= 0.6 is 0 Å². The first-order valence-corrected chi connectivity index (χ1v) is 12.0. The third-order valence-corrected chi connectivity index (χ3v) is 8.31. The van der Waals surface area contributed by atoms with Gasteiger partial charge >= 0.3 is 0 Å². The van der Waals surface area contributed by atoms with Gasteiger partial charge < -0.3 is 15.3 Å². The quantitative estimate of drug-likeness (QED) is 0.583. The van der Waals surface area contributed by atoms with Crippen molar-refractivity contribution in [2.45, 2.75) is 110 Å². The van der Waals surface area contributed by atoms with Gasteiger partial charge in [0.25, 0.3) is 0 Å². The Bertz CT molecular complexity index is 674. The molecule has 3 aliphatic carbocycles. The molecule has 3 aliphatic rings. The van der Waals surface area contributed by atoms with Crippen LogP contribution in [0.5, 0.6) is 0 Å². The number of fused-ring (bicyclic) bond motifs is 1. The maximum Gasteiger partial charge on any atom is 0.163 e. The number of carbonyl (C=O) groups is 1. The Morgan fingerprint density at radius 1 is 1.20 bits per heavy atom. The number of carbonyl (C=O) groups excluding carboxylic acids is 1. The number of Topliss-reactive ketones (excluding diaryl/α,β-unsaturated/α-hetero) is 1. The smallest absolute Gasteiger partial charge is 0.163 e. The molecule has 0 aromatic carbocycles. The topological polar surface area (TPSA) is 77.8 Å². The third-order valence-electron chi connectivity index (χ3n) is 8.31. The van der Waals surface area contributed by atoms with Gasteiger partial charge in [0.15, 0.2) is 5.78 Å². The molecule has 0 aromatic rings. The lowest BCUT2D eigenvalue weighted by Gasteiger charge is -2.44. The lowest BCUT2D eigenvalue weighted by atomic mass is 9.60. The highest BCUT2D eigenvalue weighted by Crippen LogP contribution is 2.59. The molecule has 1 unspecified atom stereocenters. The predicted molar refractivity (Wildman–Crippen MR) is 120 cm³/mol. The maximum absolute atomic E-state index is 12.2. The number of aliphatic hydroxyl groups excluding tert-OH is 2. The van der Waals surface area contributed by atoms with E-state index in [2.05, 4.69) is 26.0 Å². The minimum atomic E-state index is -1.23. The fourth-order valence-corrected chi connectivity index (χ4v) is 6.61. The first kappa shape index (κ1) is 23.7. The van der Waals surface area contributed by atoms with E-state index in [1.807, 2.05) is 0 Å². The van der Waals surface area contributed by atoms with Gasteiger partial charge in [-0.2, -0.15) is 0 Å². The Kier molecular flexibility index (Phi) is 7.31. The van der Waals surface area contributed by atoms with Crippen molar-refractivity contribution >= 4 is 5.78 Å². The van der Waals surface area contributed by atoms with Crippen LogP contribution in [0.1, 0.15) is 91.9 Å². The van der Waals surface area contributed by atoms with Gasteiger partial charge in [-0.15, -0.1) is 0 Å². The van der Waals surface area contributed by atoms with Crippen molar-refractivity contribution in [1.29, 1.82) is 0 Å². The first-order valence-electron chi connectivity index (χ1n) is 12.0. The highest BCUT2D eigenvalue weighted by molar-refractivity contribution is 5.86. The molecule has 3 N–H and O–H groups in total. The molecule has 3 fully saturated rings. The van der Waals surface area contributed by atoms with Crippen LogP contribution in [-0.4, -0.2) is 38.9 Å². The number of hydrogen-bond acceptors (Lipinski definition) is 4. The average Bonchev–Trinajstić information content (AvgIpc) is 3.00. The molecule has 0 radical (unpaired) electrons. The zero-order valence-electron chi connectivity index (χ0n) is 19.4. The summed E-state index contributed by atoms with van der Waals surface area (Å²) in [6, 6.07) is 0. The van der Waals surface area contributed by atoms with Crippen molar-refractivity contribution in [3.63, 3.8) is 0 Å². The molecule has 3 saturated carbocycles. The lowest BCUT2D eigenvalue weighted by Crippen LogP contribution is -2.36. The maximum atomic E-state index is 12.2. The van der Waals surface area contributed by atoms with E-state index < -0.39 is 17.8 Å². The summed E-state index contributed by atoms with van der Waals surface area (Å²) in [5.74, 6) is 1.64. The standard InChI is InChI=1S/C26H42O4/c1-17(7-12-24(29)25(2,3)30)22-10-11-23-19(6-5-13-26(22,23)4)9-8-18-14-20(27)16-21(28)15-18/h8-9,17,20-23,27-28,30H,5-7,10-16H2,1-4H3/b19-9+/t17-,20+,21+,22+,23?,26+/m0/s1. The molecule has 6 atom stereocenters. The summed E-state index contributed by atoms with van der Waals surface area (Å²) in [5.41, 5.74) is 1.75. The summed E-state index contributed by atoms with van der Waals surface area (Å²) in [6.07, 6.45) is 12.8. The Hall–Kier alpha value is -0.970. The Labute approximate surface area is 182 Å². The number of allylic oxidation sites excluding steroid dienone is 3. The molecule has 0 spiro atoms. The van der Waals surface area contributed by atoms with Gasteiger partial charge in [-0.05, 0) is 94.8 Å². The zero-order chi connectivity index (χ0) is 22.1. The van der Waals surface area contributed by atoms with E-state index in [0.717, 1.165) is 18.4 Å². The molecular weight excluding hydrogens is 376 g/mol. The second-order valence-electron chi connectivity index (χ2n) is 11.1. The van der Waals surface area contributed by atoms with E-state index in [0.29, 0.717) is 43.4 Å². The fourth-order valence-electron chi connectivity index (χ4n) is 6.61. The van der Waals surface area contributed by atoms with E-state index in [9.17, 15) is 20.1 Å². The van der Waals surface area contributed by atoms with Crippen LogP contribution in [0.15, 0.2) is 23.3 Å². The van der Waals surface area contributed by atoms with Crippen LogP contribution in [0, 0.1) is 23.2 Å². The van der Waals surface area contributed by atoms with Crippen LogP contribution < -0.4 is 0 Å². The van der Waals surface area contributed by atoms with E-state index in [1.165, 1.54) is 31.3 Å². The third kappa shape index (κ3) is 5.26. The molecule has 4 heteroatoms. The molecule has 0 aromatic heterocycles. The second-order valence-corrected chi connectivity index (χ2v) is 11.1. The summed E-state index contributed by atoms with van der Waals surface area (Å²) in [7, 11) is 0. The normalized spacial score (nSPS) is 37.2. The predicted octanol–water partition coefficient (Wildman–Crippen LogP) is 4.72. The van der Waals surface area contributed by atoms with Gasteiger partial charge in [-0.25, -0.2) is 0 Å². The summed E-state index contributed by atoms with van der Waals surface area (Å²) < 4.78 is 0. The Balaban J connectivity index is 1.68. The van der Waals surface area contributed by atoms with Crippen LogP contribution in [-0.2, 0) is 4.79 Å². The van der Waals surface area contributed by atoms with E-state index in [4.69, 9.17) is 0 Å². The first-order chi connectivity index (χ1) is 14.0. The van der Waals surface area contributed by atoms with Gasteiger partial charge in [0.05, 0.1) is 12.2 Å². The van der Waals surface area contributed by atoms with Crippen LogP contribution in [0.2, 0.25) is 0 Å². The largest absolute Gasteiger partial charge is 0.393 e. The van der Waals surface area contributed by atoms with Crippen molar-refractivity contribution in [3.05, 3.63) is 23.3 Å². The van der Waals surface area contributed by atoms with Crippen molar-refractivity contribution in [1.82, 2.24) is 0 Å². The van der Waals surface area contributed by atoms with Crippen molar-refractivity contribution < 1.29 is 20.1 Å². The van der Waals surface area contributed by atoms with Crippen molar-refractivity contribution in [3.8, 4) is 0 Å². The Morgan fingerprint density at radius 3 is 2.50 bits per heavy atom. The Morgan fingerprint density at radius 2 is 1.87 bits per heavy atom. The molecule has 0 heterocycles. The summed E-state index contributed by atoms with van der Waals surface area (Å²) in [5, 5.41) is 29.8. The summed E-state index contributed by atoms with van der Waals surface area (Å²) >= 11 is 0. The molecule has 0 aliphatic heterocycles. The zero-order valence-corrected chi connectivity index (χ0v) is 19.4. The van der Waals surface area contributed by atoms with Crippen LogP contribution in [0.3, 0.4) is 0 Å². The van der Waals surface area contributed by atoms with Gasteiger partial charge in [0.1, 0.15) is 5.60 Å². The molecule has 30 heavy (non-hydrogen) atoms. The monoisotopic (exact) mass is 418 g/mol. The van der Waals surface area contributed by atoms with E-state index in [1.54, 1.807) is 13.8 Å². The number of rotatable bonds is 6. The SMILES string of the molecule is C[C@@H](CCC(=O)C(C)(C)O)[C@H]1CCC2/C(=C/C=C3C[C@@H](O)C[C@H](O)C3)CCC[C@@]21C. The molecule has 3 rings (SSSR count). The van der Waals surface area contributed by atoms with Gasteiger partial charge in [0, 0.05) is 6.42 Å². The minimum Gasteiger partial charge on any atom is -0.393 e. The fraction of sp³-hybridized carbons (Fsp3) is 0.808. The van der Waals surface area contributed by atoms with Gasteiger partial charge in [-0.3, -0.25) is 4.79 Å².